The summed E-state index contributed by atoms with van der Waals surface area (Å²) in [6, 6.07) is 69.0. The molecule has 0 N–H and O–H groups in total. The molecule has 246 valence electrons. The molecule has 0 aliphatic heterocycles. The lowest BCUT2D eigenvalue weighted by molar-refractivity contribution is 0.669. The van der Waals surface area contributed by atoms with Crippen LogP contribution in [0.5, 0.6) is 0 Å². The van der Waals surface area contributed by atoms with E-state index in [4.69, 9.17) is 4.42 Å². The van der Waals surface area contributed by atoms with Gasteiger partial charge < -0.3 is 14.2 Å². The van der Waals surface area contributed by atoms with E-state index < -0.39 is 0 Å². The molecule has 0 unspecified atom stereocenters. The number of thiophene rings is 1. The summed E-state index contributed by atoms with van der Waals surface area (Å²) in [5.41, 5.74) is 10.6. The summed E-state index contributed by atoms with van der Waals surface area (Å²) in [6.07, 6.45) is 0. The van der Waals surface area contributed by atoms with Gasteiger partial charge in [-0.2, -0.15) is 0 Å². The lowest BCUT2D eigenvalue weighted by atomic mass is 10.0. The minimum Gasteiger partial charge on any atom is -0.456 e. The van der Waals surface area contributed by atoms with Crippen molar-refractivity contribution >= 4 is 87.6 Å². The summed E-state index contributed by atoms with van der Waals surface area (Å²) in [4.78, 5) is 4.62. The minimum absolute atomic E-state index is 0.862. The smallest absolute Gasteiger partial charge is 0.137 e. The molecule has 0 saturated carbocycles. The van der Waals surface area contributed by atoms with Gasteiger partial charge in [0.15, 0.2) is 0 Å². The lowest BCUT2D eigenvalue weighted by Crippen LogP contribution is -2.09. The monoisotopic (exact) mass is 684 g/mol. The van der Waals surface area contributed by atoms with Crippen molar-refractivity contribution in [3.63, 3.8) is 0 Å². The first-order valence-electron chi connectivity index (χ1n) is 17.5. The second-order valence-corrected chi connectivity index (χ2v) is 14.1. The summed E-state index contributed by atoms with van der Waals surface area (Å²) < 4.78 is 9.16. The van der Waals surface area contributed by atoms with Crippen LogP contribution in [0.2, 0.25) is 0 Å². The topological polar surface area (TPSA) is 19.6 Å². The molecule has 0 aliphatic carbocycles. The number of fused-ring (bicyclic) bond motifs is 6. The molecule has 0 spiro atoms. The molecule has 0 radical (unpaired) electrons. The fourth-order valence-corrected chi connectivity index (χ4v) is 8.47. The Hall–Kier alpha value is -6.62. The van der Waals surface area contributed by atoms with Gasteiger partial charge in [0.05, 0.1) is 0 Å². The third-order valence-electron chi connectivity index (χ3n) is 9.81. The van der Waals surface area contributed by atoms with Crippen molar-refractivity contribution in [2.75, 3.05) is 9.80 Å². The molecule has 52 heavy (non-hydrogen) atoms. The van der Waals surface area contributed by atoms with E-state index in [9.17, 15) is 0 Å². The van der Waals surface area contributed by atoms with Crippen LogP contribution in [0.1, 0.15) is 0 Å². The Kier molecular flexibility index (Phi) is 7.33. The van der Waals surface area contributed by atoms with Gasteiger partial charge in [-0.3, -0.25) is 0 Å². The summed E-state index contributed by atoms with van der Waals surface area (Å²) in [5.74, 6) is 0. The Balaban J connectivity index is 1.06. The third-order valence-corrected chi connectivity index (χ3v) is 11.0. The SMILES string of the molecule is c1ccc(N(c2ccccc2)c2cccc(-c3ccc4oc5cc(N(c6ccccc6)c6ccc7sc8ccccc8c7c6)ccc5c4c3)c2)cc1. The molecule has 8 aromatic carbocycles. The number of furan rings is 1. The fourth-order valence-electron chi connectivity index (χ4n) is 7.39. The van der Waals surface area contributed by atoms with Gasteiger partial charge in [-0.1, -0.05) is 91.0 Å². The summed E-state index contributed by atoms with van der Waals surface area (Å²) in [7, 11) is 0. The maximum absolute atomic E-state index is 6.57. The predicted molar refractivity (Wildman–Crippen MR) is 221 cm³/mol. The van der Waals surface area contributed by atoms with Gasteiger partial charge in [-0.15, -0.1) is 11.3 Å². The molecular weight excluding hydrogens is 653 g/mol. The van der Waals surface area contributed by atoms with Gasteiger partial charge in [0.25, 0.3) is 0 Å². The van der Waals surface area contributed by atoms with Crippen LogP contribution in [-0.2, 0) is 0 Å². The van der Waals surface area contributed by atoms with Crippen LogP contribution >= 0.6 is 11.3 Å². The Labute approximate surface area is 305 Å². The van der Waals surface area contributed by atoms with Crippen molar-refractivity contribution < 1.29 is 4.42 Å². The fraction of sp³-hybridized carbons (Fsp3) is 0. The molecule has 10 aromatic rings. The molecule has 2 heterocycles. The second kappa shape index (κ2) is 12.6. The number of rotatable bonds is 7. The van der Waals surface area contributed by atoms with Crippen LogP contribution in [0.4, 0.5) is 34.1 Å². The Morgan fingerprint density at radius 3 is 1.60 bits per heavy atom. The first-order valence-corrected chi connectivity index (χ1v) is 18.3. The Morgan fingerprint density at radius 1 is 0.308 bits per heavy atom. The average molecular weight is 685 g/mol. The van der Waals surface area contributed by atoms with Crippen LogP contribution in [0.3, 0.4) is 0 Å². The highest BCUT2D eigenvalue weighted by Crippen LogP contribution is 2.43. The number of anilines is 6. The van der Waals surface area contributed by atoms with Crippen molar-refractivity contribution in [2.45, 2.75) is 0 Å². The highest BCUT2D eigenvalue weighted by Gasteiger charge is 2.18. The number of para-hydroxylation sites is 3. The predicted octanol–water partition coefficient (Wildman–Crippen LogP) is 14.6. The molecule has 3 nitrogen and oxygen atoms in total. The maximum Gasteiger partial charge on any atom is 0.137 e. The third kappa shape index (κ3) is 5.29. The molecule has 4 heteroatoms. The van der Waals surface area contributed by atoms with Gasteiger partial charge in [0.1, 0.15) is 11.2 Å². The van der Waals surface area contributed by atoms with Crippen molar-refractivity contribution in [3.8, 4) is 11.1 Å². The molecule has 0 atom stereocenters. The Morgan fingerprint density at radius 2 is 0.865 bits per heavy atom. The number of nitrogens with zero attached hydrogens (tertiary/aromatic N) is 2. The van der Waals surface area contributed by atoms with Gasteiger partial charge in [-0.25, -0.2) is 0 Å². The molecule has 0 fully saturated rings. The zero-order valence-corrected chi connectivity index (χ0v) is 29.0. The van der Waals surface area contributed by atoms with Gasteiger partial charge in [-0.05, 0) is 108 Å². The zero-order chi connectivity index (χ0) is 34.4. The summed E-state index contributed by atoms with van der Waals surface area (Å²) in [5, 5.41) is 4.76. The second-order valence-electron chi connectivity index (χ2n) is 13.0. The molecule has 2 aromatic heterocycles. The van der Waals surface area contributed by atoms with Crippen molar-refractivity contribution in [1.82, 2.24) is 0 Å². The van der Waals surface area contributed by atoms with Crippen LogP contribution in [0, 0.1) is 0 Å². The average Bonchev–Trinajstić information content (AvgIpc) is 3.77. The van der Waals surface area contributed by atoms with Crippen molar-refractivity contribution in [3.05, 3.63) is 194 Å². The largest absolute Gasteiger partial charge is 0.456 e. The van der Waals surface area contributed by atoms with Gasteiger partial charge in [0.2, 0.25) is 0 Å². The van der Waals surface area contributed by atoms with E-state index in [0.717, 1.165) is 67.2 Å². The lowest BCUT2D eigenvalue weighted by Gasteiger charge is -2.26. The molecule has 0 aliphatic rings. The van der Waals surface area contributed by atoms with Gasteiger partial charge in [0, 0.05) is 71.1 Å². The number of hydrogen-bond acceptors (Lipinski definition) is 4. The van der Waals surface area contributed by atoms with Crippen LogP contribution < -0.4 is 9.80 Å². The van der Waals surface area contributed by atoms with Crippen LogP contribution in [0.25, 0.3) is 53.2 Å². The Bertz CT molecular complexity index is 2820. The zero-order valence-electron chi connectivity index (χ0n) is 28.2. The van der Waals surface area contributed by atoms with Gasteiger partial charge >= 0.3 is 0 Å². The maximum atomic E-state index is 6.57. The molecular formula is C48H32N2OS. The first-order chi connectivity index (χ1) is 25.8. The first kappa shape index (κ1) is 30.2. The van der Waals surface area contributed by atoms with Crippen molar-refractivity contribution in [2.24, 2.45) is 0 Å². The molecule has 10 rings (SSSR count). The summed E-state index contributed by atoms with van der Waals surface area (Å²) >= 11 is 1.84. The quantitative estimate of drug-likeness (QED) is 0.167. The number of benzene rings is 8. The van der Waals surface area contributed by atoms with E-state index in [1.54, 1.807) is 0 Å². The minimum atomic E-state index is 0.862. The van der Waals surface area contributed by atoms with E-state index in [1.807, 2.05) is 11.3 Å². The van der Waals surface area contributed by atoms with Crippen LogP contribution in [0.15, 0.2) is 199 Å². The van der Waals surface area contributed by atoms with Crippen molar-refractivity contribution in [1.29, 1.82) is 0 Å². The van der Waals surface area contributed by atoms with E-state index in [2.05, 4.69) is 204 Å². The van der Waals surface area contributed by atoms with Crippen LogP contribution in [-0.4, -0.2) is 0 Å². The molecule has 0 bridgehead atoms. The molecule has 0 saturated heterocycles. The highest BCUT2D eigenvalue weighted by atomic mass is 32.1. The van der Waals surface area contributed by atoms with E-state index in [1.165, 1.54) is 20.2 Å². The summed E-state index contributed by atoms with van der Waals surface area (Å²) in [6.45, 7) is 0. The highest BCUT2D eigenvalue weighted by molar-refractivity contribution is 7.25. The van der Waals surface area contributed by atoms with E-state index >= 15 is 0 Å². The normalized spacial score (nSPS) is 11.5. The molecule has 0 amide bonds. The van der Waals surface area contributed by atoms with E-state index in [-0.39, 0.29) is 0 Å². The number of hydrogen-bond donors (Lipinski definition) is 0. The standard InChI is InChI=1S/C48H32N2OS/c1-4-14-35(15-5-1)49(36-16-6-2-7-17-36)38-20-12-13-33(29-38)34-23-27-45-43(30-34)41-26-24-40(32-46(41)51-45)50(37-18-8-3-9-19-37)39-25-28-48-44(31-39)42-21-10-11-22-47(42)52-48/h1-32H. The van der Waals surface area contributed by atoms with E-state index in [0.29, 0.717) is 0 Å².